The molecule has 0 saturated heterocycles. The van der Waals surface area contributed by atoms with Crippen LogP contribution in [0.25, 0.3) is 0 Å². The summed E-state index contributed by atoms with van der Waals surface area (Å²) in [6.07, 6.45) is 5.30. The molecule has 1 aliphatic carbocycles. The Hall–Kier alpha value is -1.09. The number of benzene rings is 1. The van der Waals surface area contributed by atoms with E-state index in [0.717, 1.165) is 30.6 Å². The molecule has 19 heavy (non-hydrogen) atoms. The second-order valence-corrected chi connectivity index (χ2v) is 6.97. The number of hydrogen-bond acceptors (Lipinski definition) is 2. The van der Waals surface area contributed by atoms with Crippen LogP contribution in [0, 0.1) is 11.2 Å². The van der Waals surface area contributed by atoms with Gasteiger partial charge in [0.15, 0.2) is 0 Å². The third kappa shape index (κ3) is 2.36. The molecule has 2 N–H and O–H groups in total. The quantitative estimate of drug-likeness (QED) is 0.769. The fourth-order valence-corrected chi connectivity index (χ4v) is 3.89. The van der Waals surface area contributed by atoms with Crippen molar-refractivity contribution in [2.24, 2.45) is 11.1 Å². The van der Waals surface area contributed by atoms with Crippen molar-refractivity contribution in [3.05, 3.63) is 29.6 Å². The maximum absolute atomic E-state index is 13.3. The van der Waals surface area contributed by atoms with Crippen LogP contribution in [0.15, 0.2) is 18.2 Å². The van der Waals surface area contributed by atoms with E-state index in [1.165, 1.54) is 25.0 Å². The molecular formula is C16H22FNO. The number of nitrogens with two attached hydrogens (primary N) is 1. The third-order valence-electron chi connectivity index (χ3n) is 4.58. The summed E-state index contributed by atoms with van der Waals surface area (Å²) in [4.78, 5) is 0. The van der Waals surface area contributed by atoms with Crippen LogP contribution in [0.4, 0.5) is 4.39 Å². The molecule has 2 nitrogen and oxygen atoms in total. The van der Waals surface area contributed by atoms with Crippen LogP contribution >= 0.6 is 0 Å². The minimum atomic E-state index is -0.238. The van der Waals surface area contributed by atoms with Crippen LogP contribution in [0.3, 0.4) is 0 Å². The van der Waals surface area contributed by atoms with Gasteiger partial charge >= 0.3 is 0 Å². The lowest BCUT2D eigenvalue weighted by Crippen LogP contribution is -2.48. The highest BCUT2D eigenvalue weighted by Crippen LogP contribution is 2.50. The average Bonchev–Trinajstić information content (AvgIpc) is 2.29. The summed E-state index contributed by atoms with van der Waals surface area (Å²) in [5.41, 5.74) is 7.23. The van der Waals surface area contributed by atoms with Crippen LogP contribution in [-0.4, -0.2) is 5.60 Å². The monoisotopic (exact) mass is 263 g/mol. The van der Waals surface area contributed by atoms with E-state index in [2.05, 4.69) is 13.8 Å². The lowest BCUT2D eigenvalue weighted by atomic mass is 9.66. The van der Waals surface area contributed by atoms with E-state index in [4.69, 9.17) is 10.5 Å². The Bertz CT molecular complexity index is 500. The van der Waals surface area contributed by atoms with E-state index in [1.807, 2.05) is 0 Å². The van der Waals surface area contributed by atoms with E-state index in [9.17, 15) is 4.39 Å². The molecule has 1 unspecified atom stereocenters. The zero-order valence-electron chi connectivity index (χ0n) is 11.7. The average molecular weight is 263 g/mol. The van der Waals surface area contributed by atoms with Gasteiger partial charge in [0.25, 0.3) is 0 Å². The van der Waals surface area contributed by atoms with Crippen molar-refractivity contribution in [1.82, 2.24) is 0 Å². The van der Waals surface area contributed by atoms with Gasteiger partial charge in [0.1, 0.15) is 17.2 Å². The van der Waals surface area contributed by atoms with Crippen LogP contribution in [0.1, 0.15) is 57.6 Å². The molecular weight excluding hydrogens is 241 g/mol. The topological polar surface area (TPSA) is 35.2 Å². The molecule has 0 radical (unpaired) electrons. The van der Waals surface area contributed by atoms with Gasteiger partial charge in [0.2, 0.25) is 0 Å². The zero-order valence-corrected chi connectivity index (χ0v) is 11.7. The molecule has 2 atom stereocenters. The SMILES string of the molecule is CC1(C)CCCC2(C[C@H](N)c3cc(F)ccc3O2)C1. The molecule has 1 aromatic carbocycles. The predicted octanol–water partition coefficient (Wildman–Crippen LogP) is 3.95. The molecule has 0 bridgehead atoms. The van der Waals surface area contributed by atoms with Gasteiger partial charge in [-0.15, -0.1) is 0 Å². The molecule has 1 spiro atoms. The normalized spacial score (nSPS) is 32.7. The van der Waals surface area contributed by atoms with Gasteiger partial charge in [0, 0.05) is 18.0 Å². The van der Waals surface area contributed by atoms with Crippen LogP contribution in [0.2, 0.25) is 0 Å². The lowest BCUT2D eigenvalue weighted by molar-refractivity contribution is -0.0386. The molecule has 1 aromatic rings. The minimum absolute atomic E-state index is 0.117. The Kier molecular flexibility index (Phi) is 2.86. The van der Waals surface area contributed by atoms with Crippen molar-refractivity contribution in [3.8, 4) is 5.75 Å². The maximum atomic E-state index is 13.3. The molecule has 104 valence electrons. The number of rotatable bonds is 0. The number of halogens is 1. The summed E-state index contributed by atoms with van der Waals surface area (Å²) >= 11 is 0. The third-order valence-corrected chi connectivity index (χ3v) is 4.58. The van der Waals surface area contributed by atoms with Gasteiger partial charge in [-0.3, -0.25) is 0 Å². The highest BCUT2D eigenvalue weighted by Gasteiger charge is 2.45. The number of fused-ring (bicyclic) bond motifs is 1. The lowest BCUT2D eigenvalue weighted by Gasteiger charge is -2.48. The first-order chi connectivity index (χ1) is 8.89. The molecule has 1 heterocycles. The van der Waals surface area contributed by atoms with Crippen molar-refractivity contribution in [1.29, 1.82) is 0 Å². The smallest absolute Gasteiger partial charge is 0.125 e. The van der Waals surface area contributed by atoms with Gasteiger partial charge in [-0.2, -0.15) is 0 Å². The van der Waals surface area contributed by atoms with Crippen LogP contribution < -0.4 is 10.5 Å². The summed E-state index contributed by atoms with van der Waals surface area (Å²) in [5, 5.41) is 0. The molecule has 3 heteroatoms. The fraction of sp³-hybridized carbons (Fsp3) is 0.625. The maximum Gasteiger partial charge on any atom is 0.125 e. The highest BCUT2D eigenvalue weighted by atomic mass is 19.1. The minimum Gasteiger partial charge on any atom is -0.487 e. The van der Waals surface area contributed by atoms with Crippen molar-refractivity contribution < 1.29 is 9.13 Å². The second-order valence-electron chi connectivity index (χ2n) is 6.97. The predicted molar refractivity (Wildman–Crippen MR) is 73.6 cm³/mol. The standard InChI is InChI=1S/C16H22FNO/c1-15(2)6-3-7-16(10-15)9-13(18)12-8-11(17)4-5-14(12)19-16/h4-5,8,13H,3,6-7,9-10,18H2,1-2H3/t13-,16?/m0/s1. The Labute approximate surface area is 114 Å². The van der Waals surface area contributed by atoms with E-state index in [1.54, 1.807) is 6.07 Å². The number of ether oxygens (including phenoxy) is 1. The summed E-state index contributed by atoms with van der Waals surface area (Å²) in [6.45, 7) is 4.59. The molecule has 0 aromatic heterocycles. The molecule has 1 aliphatic heterocycles. The molecule has 3 rings (SSSR count). The molecule has 0 amide bonds. The van der Waals surface area contributed by atoms with Gasteiger partial charge in [-0.05, 0) is 49.3 Å². The number of hydrogen-bond donors (Lipinski definition) is 1. The van der Waals surface area contributed by atoms with Crippen molar-refractivity contribution in [2.45, 2.75) is 57.6 Å². The highest BCUT2D eigenvalue weighted by molar-refractivity contribution is 5.39. The summed E-state index contributed by atoms with van der Waals surface area (Å²) in [6, 6.07) is 4.58. The van der Waals surface area contributed by atoms with Crippen LogP contribution in [-0.2, 0) is 0 Å². The Morgan fingerprint density at radius 3 is 2.84 bits per heavy atom. The summed E-state index contributed by atoms with van der Waals surface area (Å²) < 4.78 is 19.6. The molecule has 2 aliphatic rings. The summed E-state index contributed by atoms with van der Waals surface area (Å²) in [5.74, 6) is 0.538. The first-order valence-electron chi connectivity index (χ1n) is 7.13. The van der Waals surface area contributed by atoms with E-state index >= 15 is 0 Å². The Balaban J connectivity index is 1.94. The van der Waals surface area contributed by atoms with E-state index in [0.29, 0.717) is 5.41 Å². The Morgan fingerprint density at radius 1 is 1.32 bits per heavy atom. The second kappa shape index (κ2) is 4.20. The van der Waals surface area contributed by atoms with Gasteiger partial charge in [0.05, 0.1) is 0 Å². The van der Waals surface area contributed by atoms with Crippen molar-refractivity contribution in [2.75, 3.05) is 0 Å². The van der Waals surface area contributed by atoms with Gasteiger partial charge in [-0.25, -0.2) is 4.39 Å². The Morgan fingerprint density at radius 2 is 2.11 bits per heavy atom. The largest absolute Gasteiger partial charge is 0.487 e. The first kappa shape index (κ1) is 12.9. The van der Waals surface area contributed by atoms with Gasteiger partial charge < -0.3 is 10.5 Å². The van der Waals surface area contributed by atoms with Gasteiger partial charge in [-0.1, -0.05) is 13.8 Å². The van der Waals surface area contributed by atoms with Crippen molar-refractivity contribution >= 4 is 0 Å². The van der Waals surface area contributed by atoms with E-state index in [-0.39, 0.29) is 17.5 Å². The molecule has 1 saturated carbocycles. The van der Waals surface area contributed by atoms with Crippen molar-refractivity contribution in [3.63, 3.8) is 0 Å². The molecule has 1 fully saturated rings. The summed E-state index contributed by atoms with van der Waals surface area (Å²) in [7, 11) is 0. The van der Waals surface area contributed by atoms with Crippen LogP contribution in [0.5, 0.6) is 5.75 Å². The fourth-order valence-electron chi connectivity index (χ4n) is 3.89. The first-order valence-corrected chi connectivity index (χ1v) is 7.13. The zero-order chi connectivity index (χ0) is 13.7. The van der Waals surface area contributed by atoms with E-state index < -0.39 is 0 Å².